The van der Waals surface area contributed by atoms with Crippen molar-refractivity contribution < 1.29 is 9.53 Å². The van der Waals surface area contributed by atoms with Crippen LogP contribution in [0.1, 0.15) is 29.5 Å². The van der Waals surface area contributed by atoms with Gasteiger partial charge in [0.15, 0.2) is 5.65 Å². The third-order valence-corrected chi connectivity index (χ3v) is 10.6. The largest absolute Gasteiger partial charge is 0.445 e. The number of carbonyl (C=O) groups is 1. The summed E-state index contributed by atoms with van der Waals surface area (Å²) < 4.78 is 7.66. The molecule has 5 aromatic rings. The van der Waals surface area contributed by atoms with E-state index in [-0.39, 0.29) is 24.2 Å². The van der Waals surface area contributed by atoms with Gasteiger partial charge in [-0.25, -0.2) is 14.8 Å². The Hall–Kier alpha value is -3.72. The molecule has 1 amide bonds. The fraction of sp³-hybridized carbons (Fsp3) is 0.242. The third kappa shape index (κ3) is 5.32. The number of nitrogens with zero attached hydrogens (tertiary/aromatic N) is 4. The lowest BCUT2D eigenvalue weighted by molar-refractivity contribution is 0.127. The van der Waals surface area contributed by atoms with Gasteiger partial charge in [-0.05, 0) is 48.1 Å². The molecule has 3 aromatic carbocycles. The minimum Gasteiger partial charge on any atom is -0.445 e. The molecular weight excluding hydrogens is 601 g/mol. The highest BCUT2D eigenvalue weighted by Crippen LogP contribution is 2.47. The van der Waals surface area contributed by atoms with E-state index in [9.17, 15) is 4.79 Å². The van der Waals surface area contributed by atoms with E-state index in [0.29, 0.717) is 10.0 Å². The second kappa shape index (κ2) is 11.8. The zero-order valence-electron chi connectivity index (χ0n) is 23.2. The summed E-state index contributed by atoms with van der Waals surface area (Å²) in [6, 6.07) is 23.9. The molecule has 0 bridgehead atoms. The molecule has 1 saturated heterocycles. The van der Waals surface area contributed by atoms with E-state index in [1.165, 1.54) is 22.9 Å². The van der Waals surface area contributed by atoms with Crippen LogP contribution in [-0.2, 0) is 23.2 Å². The van der Waals surface area contributed by atoms with Crippen molar-refractivity contribution >= 4 is 52.7 Å². The van der Waals surface area contributed by atoms with Crippen LogP contribution in [0.3, 0.4) is 0 Å². The van der Waals surface area contributed by atoms with Crippen molar-refractivity contribution in [3.63, 3.8) is 0 Å². The summed E-state index contributed by atoms with van der Waals surface area (Å²) in [5, 5.41) is 4.28. The molecular formula is C33H29Cl2N5O2S. The van der Waals surface area contributed by atoms with E-state index in [1.807, 2.05) is 59.3 Å². The normalized spacial score (nSPS) is 17.3. The van der Waals surface area contributed by atoms with Crippen molar-refractivity contribution in [1.82, 2.24) is 19.7 Å². The zero-order chi connectivity index (χ0) is 29.4. The van der Waals surface area contributed by atoms with Gasteiger partial charge in [0.25, 0.3) is 0 Å². The number of nitrogens with one attached hydrogen (secondary N) is 1. The zero-order valence-corrected chi connectivity index (χ0v) is 25.6. The number of carbonyl (C=O) groups excluding carboxylic acids is 1. The molecule has 43 heavy (non-hydrogen) atoms. The number of rotatable bonds is 6. The molecule has 1 atom stereocenters. The molecule has 1 unspecified atom stereocenters. The summed E-state index contributed by atoms with van der Waals surface area (Å²) in [5.41, 5.74) is 4.23. The van der Waals surface area contributed by atoms with Crippen molar-refractivity contribution in [1.29, 1.82) is 0 Å². The van der Waals surface area contributed by atoms with Crippen LogP contribution in [0.15, 0.2) is 101 Å². The lowest BCUT2D eigenvalue weighted by Gasteiger charge is -2.44. The first-order chi connectivity index (χ1) is 21.0. The fourth-order valence-electron chi connectivity index (χ4n) is 6.48. The summed E-state index contributed by atoms with van der Waals surface area (Å²) in [6.07, 6.45) is 7.77. The van der Waals surface area contributed by atoms with Gasteiger partial charge in [-0.2, -0.15) is 0 Å². The van der Waals surface area contributed by atoms with Gasteiger partial charge in [0, 0.05) is 48.0 Å². The Bertz CT molecular complexity index is 1790. The molecule has 218 valence electrons. The highest BCUT2D eigenvalue weighted by Gasteiger charge is 2.49. The van der Waals surface area contributed by atoms with Crippen LogP contribution in [0.5, 0.6) is 0 Å². The highest BCUT2D eigenvalue weighted by molar-refractivity contribution is 7.99. The van der Waals surface area contributed by atoms with Crippen LogP contribution in [0, 0.1) is 0 Å². The van der Waals surface area contributed by atoms with Gasteiger partial charge in [0.05, 0.1) is 14.9 Å². The topological polar surface area (TPSA) is 71.8 Å². The van der Waals surface area contributed by atoms with E-state index in [1.54, 1.807) is 12.3 Å². The molecule has 0 saturated carbocycles. The van der Waals surface area contributed by atoms with Crippen LogP contribution < -0.4 is 10.2 Å². The number of halogens is 2. The standard InChI is InChI=1S/C33H29Cl2N5O2S/c34-25-11-6-12-26(29(25)35)43-27-20-37-31(40-18-15-36-30(27)40)39-16-13-33(14-17-39)24-10-5-4-9-23(24)19-28(33)38-32(41)42-21-22-7-2-1-3-8-22/h1-12,15,18,20,28H,13-14,16-17,19,21H2,(H,38,41). The smallest absolute Gasteiger partial charge is 0.407 e. The number of ether oxygens (including phenoxy) is 1. The van der Waals surface area contributed by atoms with Crippen LogP contribution in [0.2, 0.25) is 10.0 Å². The number of fused-ring (bicyclic) bond motifs is 3. The van der Waals surface area contributed by atoms with Gasteiger partial charge >= 0.3 is 6.09 Å². The first kappa shape index (κ1) is 28.1. The van der Waals surface area contributed by atoms with Gasteiger partial charge in [0.1, 0.15) is 6.61 Å². The number of alkyl carbamates (subject to hydrolysis) is 1. The molecule has 2 aromatic heterocycles. The Labute approximate surface area is 264 Å². The second-order valence-corrected chi connectivity index (χ2v) is 12.8. The average molecular weight is 631 g/mol. The third-order valence-electron chi connectivity index (χ3n) is 8.60. The number of piperidine rings is 1. The van der Waals surface area contributed by atoms with Crippen LogP contribution in [-0.4, -0.2) is 39.6 Å². The number of aromatic nitrogens is 3. The van der Waals surface area contributed by atoms with Gasteiger partial charge in [-0.1, -0.05) is 95.6 Å². The van der Waals surface area contributed by atoms with E-state index < -0.39 is 0 Å². The first-order valence-electron chi connectivity index (χ1n) is 14.3. The Morgan fingerprint density at radius 1 is 0.977 bits per heavy atom. The van der Waals surface area contributed by atoms with Crippen molar-refractivity contribution in [3.8, 4) is 0 Å². The predicted molar refractivity (Wildman–Crippen MR) is 170 cm³/mol. The number of anilines is 1. The maximum Gasteiger partial charge on any atom is 0.407 e. The molecule has 1 aliphatic carbocycles. The summed E-state index contributed by atoms with van der Waals surface area (Å²) in [6.45, 7) is 1.83. The molecule has 1 N–H and O–H groups in total. The number of imidazole rings is 1. The quantitative estimate of drug-likeness (QED) is 0.209. The summed E-state index contributed by atoms with van der Waals surface area (Å²) >= 11 is 14.2. The highest BCUT2D eigenvalue weighted by atomic mass is 35.5. The summed E-state index contributed by atoms with van der Waals surface area (Å²) in [5.74, 6) is 0.849. The monoisotopic (exact) mass is 629 g/mol. The Morgan fingerprint density at radius 2 is 1.77 bits per heavy atom. The number of hydrogen-bond acceptors (Lipinski definition) is 6. The summed E-state index contributed by atoms with van der Waals surface area (Å²) in [7, 11) is 0. The SMILES string of the molecule is O=C(NC1Cc2ccccc2C12CCN(c1ncc(Sc3cccc(Cl)c3Cl)c3nccn13)CC2)OCc1ccccc1. The van der Waals surface area contributed by atoms with Crippen molar-refractivity contribution in [3.05, 3.63) is 118 Å². The minimum atomic E-state index is -0.377. The van der Waals surface area contributed by atoms with Crippen LogP contribution in [0.4, 0.5) is 10.7 Å². The molecule has 3 heterocycles. The van der Waals surface area contributed by atoms with Crippen molar-refractivity contribution in [2.24, 2.45) is 0 Å². The molecule has 2 aliphatic rings. The van der Waals surface area contributed by atoms with Crippen LogP contribution >= 0.6 is 35.0 Å². The second-order valence-electron chi connectivity index (χ2n) is 11.0. The Kier molecular flexibility index (Phi) is 7.67. The first-order valence-corrected chi connectivity index (χ1v) is 15.8. The van der Waals surface area contributed by atoms with Crippen LogP contribution in [0.25, 0.3) is 5.65 Å². The minimum absolute atomic E-state index is 0.0437. The lowest BCUT2D eigenvalue weighted by atomic mass is 9.71. The molecule has 1 spiro atoms. The maximum atomic E-state index is 13.0. The molecule has 1 aliphatic heterocycles. The van der Waals surface area contributed by atoms with Gasteiger partial charge in [0.2, 0.25) is 5.95 Å². The van der Waals surface area contributed by atoms with Crippen molar-refractivity contribution in [2.45, 2.75) is 47.1 Å². The maximum absolute atomic E-state index is 13.0. The van der Waals surface area contributed by atoms with Gasteiger partial charge in [-0.15, -0.1) is 0 Å². The van der Waals surface area contributed by atoms with E-state index in [2.05, 4.69) is 39.5 Å². The number of benzene rings is 3. The number of hydrogen-bond donors (Lipinski definition) is 1. The van der Waals surface area contributed by atoms with E-state index in [4.69, 9.17) is 32.9 Å². The molecule has 7 rings (SSSR count). The fourth-order valence-corrected chi connectivity index (χ4v) is 7.88. The molecule has 7 nitrogen and oxygen atoms in total. The van der Waals surface area contributed by atoms with Gasteiger partial charge < -0.3 is 15.0 Å². The average Bonchev–Trinajstić information content (AvgIpc) is 3.64. The Balaban J connectivity index is 1.10. The Morgan fingerprint density at radius 3 is 2.60 bits per heavy atom. The molecule has 10 heteroatoms. The summed E-state index contributed by atoms with van der Waals surface area (Å²) in [4.78, 5) is 26.6. The van der Waals surface area contributed by atoms with Gasteiger partial charge in [-0.3, -0.25) is 4.40 Å². The van der Waals surface area contributed by atoms with E-state index in [0.717, 1.165) is 59.3 Å². The lowest BCUT2D eigenvalue weighted by Crippen LogP contribution is -2.54. The predicted octanol–water partition coefficient (Wildman–Crippen LogP) is 7.58. The molecule has 1 fully saturated rings. The molecule has 0 radical (unpaired) electrons. The van der Waals surface area contributed by atoms with E-state index >= 15 is 0 Å². The van der Waals surface area contributed by atoms with Crippen molar-refractivity contribution in [2.75, 3.05) is 18.0 Å². The number of amides is 1.